The van der Waals surface area contributed by atoms with Crippen LogP contribution in [0, 0.1) is 11.3 Å². The van der Waals surface area contributed by atoms with Gasteiger partial charge in [-0.05, 0) is 31.2 Å². The molecule has 19 heavy (non-hydrogen) atoms. The third-order valence-corrected chi connectivity index (χ3v) is 3.64. The van der Waals surface area contributed by atoms with Gasteiger partial charge in [-0.2, -0.15) is 10.4 Å². The molecule has 102 valence electrons. The van der Waals surface area contributed by atoms with Gasteiger partial charge in [0.05, 0.1) is 11.8 Å². The fourth-order valence-corrected chi connectivity index (χ4v) is 2.65. The van der Waals surface area contributed by atoms with Crippen molar-refractivity contribution in [3.63, 3.8) is 0 Å². The Balaban J connectivity index is 2.43. The molecule has 5 nitrogen and oxygen atoms in total. The molecule has 0 saturated carbocycles. The Morgan fingerprint density at radius 1 is 1.37 bits per heavy atom. The van der Waals surface area contributed by atoms with Gasteiger partial charge in [-0.15, -0.1) is 5.10 Å². The van der Waals surface area contributed by atoms with Crippen LogP contribution in [0.5, 0.6) is 0 Å². The number of piperidine rings is 1. The van der Waals surface area contributed by atoms with E-state index in [1.807, 2.05) is 18.7 Å². The van der Waals surface area contributed by atoms with E-state index in [-0.39, 0.29) is 6.10 Å². The van der Waals surface area contributed by atoms with Gasteiger partial charge in [-0.1, -0.05) is 13.8 Å². The average Bonchev–Trinajstić information content (AvgIpc) is 2.45. The summed E-state index contributed by atoms with van der Waals surface area (Å²) in [5.41, 5.74) is 2.53. The highest BCUT2D eigenvalue weighted by Crippen LogP contribution is 2.25. The average molecular weight is 260 g/mol. The maximum absolute atomic E-state index is 9.76. The molecule has 2 heterocycles. The van der Waals surface area contributed by atoms with E-state index in [1.54, 1.807) is 0 Å². The summed E-state index contributed by atoms with van der Waals surface area (Å²) in [5, 5.41) is 27.7. The molecule has 0 aromatic carbocycles. The van der Waals surface area contributed by atoms with Crippen molar-refractivity contribution in [3.05, 3.63) is 16.8 Å². The predicted molar refractivity (Wildman–Crippen MR) is 73.0 cm³/mol. The van der Waals surface area contributed by atoms with Crippen molar-refractivity contribution < 1.29 is 5.11 Å². The second-order valence-corrected chi connectivity index (χ2v) is 4.88. The number of aliphatic hydroxyl groups is 1. The van der Waals surface area contributed by atoms with Gasteiger partial charge in [0.1, 0.15) is 11.6 Å². The number of hydrogen-bond donors (Lipinski definition) is 1. The molecule has 0 aliphatic carbocycles. The van der Waals surface area contributed by atoms with Gasteiger partial charge >= 0.3 is 0 Å². The Morgan fingerprint density at radius 2 is 2.16 bits per heavy atom. The number of aromatic nitrogens is 2. The molecule has 1 N–H and O–H groups in total. The van der Waals surface area contributed by atoms with E-state index in [4.69, 9.17) is 0 Å². The fraction of sp³-hybridized carbons (Fsp3) is 0.643. The maximum atomic E-state index is 9.76. The minimum Gasteiger partial charge on any atom is -0.391 e. The van der Waals surface area contributed by atoms with Crippen LogP contribution >= 0.6 is 0 Å². The first kappa shape index (κ1) is 13.8. The summed E-state index contributed by atoms with van der Waals surface area (Å²) < 4.78 is 0. The van der Waals surface area contributed by atoms with Crippen LogP contribution in [0.15, 0.2) is 0 Å². The van der Waals surface area contributed by atoms with Crippen LogP contribution in [0.1, 0.15) is 43.5 Å². The van der Waals surface area contributed by atoms with Gasteiger partial charge in [0.2, 0.25) is 0 Å². The molecule has 0 amide bonds. The maximum Gasteiger partial charge on any atom is 0.169 e. The number of rotatable bonds is 3. The van der Waals surface area contributed by atoms with Crippen LogP contribution in [-0.4, -0.2) is 34.5 Å². The number of anilines is 1. The van der Waals surface area contributed by atoms with E-state index < -0.39 is 0 Å². The van der Waals surface area contributed by atoms with Gasteiger partial charge in [0.25, 0.3) is 0 Å². The standard InChI is InChI=1S/C14H20N4O/c1-3-11-12(8-15)14(17-16-13(11)4-2)18-7-5-6-10(19)9-18/h10,19H,3-7,9H2,1-2H3/t10-/m0/s1. The van der Waals surface area contributed by atoms with Crippen LogP contribution < -0.4 is 4.90 Å². The second-order valence-electron chi connectivity index (χ2n) is 4.88. The molecular formula is C14H20N4O. The smallest absolute Gasteiger partial charge is 0.169 e. The van der Waals surface area contributed by atoms with Crippen LogP contribution in [-0.2, 0) is 12.8 Å². The number of nitriles is 1. The van der Waals surface area contributed by atoms with E-state index in [1.165, 1.54) is 0 Å². The highest BCUT2D eigenvalue weighted by atomic mass is 16.3. The minimum absolute atomic E-state index is 0.335. The molecule has 1 fully saturated rings. The number of β-amino-alcohol motifs (C(OH)–C–C–N with tert-alkyl or cyclic N) is 1. The van der Waals surface area contributed by atoms with Crippen LogP contribution in [0.4, 0.5) is 5.82 Å². The van der Waals surface area contributed by atoms with E-state index >= 15 is 0 Å². The van der Waals surface area contributed by atoms with Crippen molar-refractivity contribution in [3.8, 4) is 6.07 Å². The van der Waals surface area contributed by atoms with Gasteiger partial charge < -0.3 is 10.0 Å². The Kier molecular flexibility index (Phi) is 4.33. The summed E-state index contributed by atoms with van der Waals surface area (Å²) in [6, 6.07) is 2.28. The normalized spacial score (nSPS) is 19.3. The number of hydrogen-bond acceptors (Lipinski definition) is 5. The zero-order valence-electron chi connectivity index (χ0n) is 11.6. The molecule has 2 rings (SSSR count). The van der Waals surface area contributed by atoms with Crippen molar-refractivity contribution in [2.45, 2.75) is 45.6 Å². The Labute approximate surface area is 113 Å². The summed E-state index contributed by atoms with van der Waals surface area (Å²) in [6.07, 6.45) is 2.97. The molecule has 1 saturated heterocycles. The van der Waals surface area contributed by atoms with Crippen molar-refractivity contribution >= 4 is 5.82 Å². The first-order valence-electron chi connectivity index (χ1n) is 6.92. The van der Waals surface area contributed by atoms with Gasteiger partial charge in [0.15, 0.2) is 5.82 Å². The number of aliphatic hydroxyl groups excluding tert-OH is 1. The van der Waals surface area contributed by atoms with Gasteiger partial charge in [-0.3, -0.25) is 0 Å². The Hall–Kier alpha value is -1.67. The largest absolute Gasteiger partial charge is 0.391 e. The van der Waals surface area contributed by atoms with Crippen molar-refractivity contribution in [2.75, 3.05) is 18.0 Å². The first-order valence-corrected chi connectivity index (χ1v) is 6.92. The van der Waals surface area contributed by atoms with Crippen molar-refractivity contribution in [1.29, 1.82) is 5.26 Å². The van der Waals surface area contributed by atoms with E-state index in [0.717, 1.165) is 43.5 Å². The third-order valence-electron chi connectivity index (χ3n) is 3.64. The lowest BCUT2D eigenvalue weighted by Gasteiger charge is -2.31. The second kappa shape index (κ2) is 5.98. The summed E-state index contributed by atoms with van der Waals surface area (Å²) >= 11 is 0. The molecule has 0 bridgehead atoms. The Morgan fingerprint density at radius 3 is 2.74 bits per heavy atom. The summed E-state index contributed by atoms with van der Waals surface area (Å²) in [5.74, 6) is 0.635. The molecule has 1 aliphatic rings. The fourth-order valence-electron chi connectivity index (χ4n) is 2.65. The van der Waals surface area contributed by atoms with E-state index in [2.05, 4.69) is 16.3 Å². The summed E-state index contributed by atoms with van der Waals surface area (Å²) in [4.78, 5) is 1.98. The highest BCUT2D eigenvalue weighted by Gasteiger charge is 2.24. The summed E-state index contributed by atoms with van der Waals surface area (Å²) in [7, 11) is 0. The van der Waals surface area contributed by atoms with E-state index in [9.17, 15) is 10.4 Å². The lowest BCUT2D eigenvalue weighted by molar-refractivity contribution is 0.153. The zero-order chi connectivity index (χ0) is 13.8. The summed E-state index contributed by atoms with van der Waals surface area (Å²) in [6.45, 7) is 5.42. The van der Waals surface area contributed by atoms with Crippen LogP contribution in [0.2, 0.25) is 0 Å². The first-order chi connectivity index (χ1) is 9.21. The van der Waals surface area contributed by atoms with E-state index in [0.29, 0.717) is 17.9 Å². The van der Waals surface area contributed by atoms with Crippen LogP contribution in [0.3, 0.4) is 0 Å². The number of aryl methyl sites for hydroxylation is 1. The highest BCUT2D eigenvalue weighted by molar-refractivity contribution is 5.58. The molecular weight excluding hydrogens is 240 g/mol. The third kappa shape index (κ3) is 2.69. The minimum atomic E-state index is -0.335. The number of nitrogens with zero attached hydrogens (tertiary/aromatic N) is 4. The predicted octanol–water partition coefficient (Wildman–Crippen LogP) is 1.43. The molecule has 1 atom stereocenters. The molecule has 0 radical (unpaired) electrons. The molecule has 5 heteroatoms. The SMILES string of the molecule is CCc1nnc(N2CCC[C@H](O)C2)c(C#N)c1CC. The molecule has 0 unspecified atom stereocenters. The van der Waals surface area contributed by atoms with Crippen LogP contribution in [0.25, 0.3) is 0 Å². The monoisotopic (exact) mass is 260 g/mol. The van der Waals surface area contributed by atoms with Crippen molar-refractivity contribution in [2.24, 2.45) is 0 Å². The lowest BCUT2D eigenvalue weighted by atomic mass is 10.0. The topological polar surface area (TPSA) is 73.0 Å². The van der Waals surface area contributed by atoms with Crippen molar-refractivity contribution in [1.82, 2.24) is 10.2 Å². The molecule has 1 aliphatic heterocycles. The van der Waals surface area contributed by atoms with Gasteiger partial charge in [-0.25, -0.2) is 0 Å². The zero-order valence-corrected chi connectivity index (χ0v) is 11.6. The van der Waals surface area contributed by atoms with Gasteiger partial charge in [0, 0.05) is 13.1 Å². The molecule has 1 aromatic heterocycles. The Bertz CT molecular complexity index is 495. The molecule has 0 spiro atoms. The lowest BCUT2D eigenvalue weighted by Crippen LogP contribution is -2.39. The quantitative estimate of drug-likeness (QED) is 0.890. The molecule has 1 aromatic rings.